The van der Waals surface area contributed by atoms with E-state index in [9.17, 15) is 4.79 Å². The van der Waals surface area contributed by atoms with E-state index in [0.717, 1.165) is 44.7 Å². The highest BCUT2D eigenvalue weighted by Gasteiger charge is 2.25. The Labute approximate surface area is 112 Å². The van der Waals surface area contributed by atoms with Crippen molar-refractivity contribution in [2.24, 2.45) is 23.0 Å². The van der Waals surface area contributed by atoms with Crippen molar-refractivity contribution in [3.8, 4) is 0 Å². The van der Waals surface area contributed by atoms with E-state index in [1.165, 1.54) is 12.8 Å². The predicted molar refractivity (Wildman–Crippen MR) is 76.2 cm³/mol. The lowest BCUT2D eigenvalue weighted by Gasteiger charge is -2.28. The summed E-state index contributed by atoms with van der Waals surface area (Å²) in [5.41, 5.74) is 5.70. The van der Waals surface area contributed by atoms with E-state index < -0.39 is 0 Å². The van der Waals surface area contributed by atoms with Crippen molar-refractivity contribution < 1.29 is 4.79 Å². The van der Waals surface area contributed by atoms with Gasteiger partial charge in [-0.3, -0.25) is 4.79 Å². The van der Waals surface area contributed by atoms with Gasteiger partial charge in [-0.15, -0.1) is 0 Å². The Morgan fingerprint density at radius 2 is 1.89 bits per heavy atom. The summed E-state index contributed by atoms with van der Waals surface area (Å²) in [6, 6.07) is 0. The molecule has 1 amide bonds. The van der Waals surface area contributed by atoms with Crippen LogP contribution < -0.4 is 11.1 Å². The van der Waals surface area contributed by atoms with Gasteiger partial charge in [0.15, 0.2) is 0 Å². The Bertz CT molecular complexity index is 255. The molecule has 18 heavy (non-hydrogen) atoms. The molecule has 0 heterocycles. The average Bonchev–Trinajstić information content (AvgIpc) is 2.35. The molecule has 0 spiro atoms. The predicted octanol–water partition coefficient (Wildman–Crippen LogP) is 2.69. The normalized spacial score (nSPS) is 24.9. The van der Waals surface area contributed by atoms with E-state index in [2.05, 4.69) is 26.1 Å². The number of hydrogen-bond acceptors (Lipinski definition) is 2. The van der Waals surface area contributed by atoms with Crippen LogP contribution in [0.5, 0.6) is 0 Å². The van der Waals surface area contributed by atoms with Crippen molar-refractivity contribution in [2.45, 2.75) is 59.3 Å². The minimum absolute atomic E-state index is 0.164. The second-order valence-electron chi connectivity index (χ2n) is 6.73. The van der Waals surface area contributed by atoms with Crippen LogP contribution in [-0.2, 0) is 4.79 Å². The number of nitrogens with two attached hydrogens (primary N) is 1. The smallest absolute Gasteiger partial charge is 0.223 e. The van der Waals surface area contributed by atoms with E-state index in [-0.39, 0.29) is 17.2 Å². The summed E-state index contributed by atoms with van der Waals surface area (Å²) in [7, 11) is 0. The van der Waals surface area contributed by atoms with Gasteiger partial charge in [0.2, 0.25) is 5.91 Å². The summed E-state index contributed by atoms with van der Waals surface area (Å²) in [6.07, 6.45) is 6.64. The van der Waals surface area contributed by atoms with Gasteiger partial charge >= 0.3 is 0 Å². The monoisotopic (exact) mass is 254 g/mol. The molecule has 1 fully saturated rings. The van der Waals surface area contributed by atoms with E-state index >= 15 is 0 Å². The van der Waals surface area contributed by atoms with Crippen LogP contribution in [0.1, 0.15) is 59.3 Å². The summed E-state index contributed by atoms with van der Waals surface area (Å²) in [5.74, 6) is 1.32. The minimum atomic E-state index is 0.164. The summed E-state index contributed by atoms with van der Waals surface area (Å²) in [6.45, 7) is 8.19. The van der Waals surface area contributed by atoms with Gasteiger partial charge in [0.05, 0.1) is 0 Å². The van der Waals surface area contributed by atoms with Crippen LogP contribution in [0.2, 0.25) is 0 Å². The molecule has 0 bridgehead atoms. The molecule has 0 radical (unpaired) electrons. The van der Waals surface area contributed by atoms with Crippen molar-refractivity contribution in [3.05, 3.63) is 0 Å². The second-order valence-corrected chi connectivity index (χ2v) is 6.73. The molecule has 1 rings (SSSR count). The summed E-state index contributed by atoms with van der Waals surface area (Å²) < 4.78 is 0. The molecule has 106 valence electrons. The van der Waals surface area contributed by atoms with E-state index in [0.29, 0.717) is 0 Å². The van der Waals surface area contributed by atoms with Gasteiger partial charge in [0.25, 0.3) is 0 Å². The van der Waals surface area contributed by atoms with Crippen LogP contribution in [-0.4, -0.2) is 19.0 Å². The Morgan fingerprint density at radius 3 is 2.44 bits per heavy atom. The Hall–Kier alpha value is -0.570. The van der Waals surface area contributed by atoms with Gasteiger partial charge in [0.1, 0.15) is 0 Å². The van der Waals surface area contributed by atoms with E-state index in [1.807, 2.05) is 0 Å². The molecular weight excluding hydrogens is 224 g/mol. The van der Waals surface area contributed by atoms with E-state index in [4.69, 9.17) is 5.73 Å². The fraction of sp³-hybridized carbons (Fsp3) is 0.933. The van der Waals surface area contributed by atoms with Gasteiger partial charge in [-0.25, -0.2) is 0 Å². The zero-order valence-electron chi connectivity index (χ0n) is 12.3. The molecule has 1 aliphatic carbocycles. The lowest BCUT2D eigenvalue weighted by molar-refractivity contribution is -0.126. The van der Waals surface area contributed by atoms with Crippen molar-refractivity contribution in [3.63, 3.8) is 0 Å². The summed E-state index contributed by atoms with van der Waals surface area (Å²) in [4.78, 5) is 12.1. The molecule has 0 aromatic rings. The largest absolute Gasteiger partial charge is 0.355 e. The molecule has 1 aliphatic rings. The first-order chi connectivity index (χ1) is 8.44. The highest BCUT2D eigenvalue weighted by atomic mass is 16.1. The Kier molecular flexibility index (Phi) is 6.13. The molecule has 3 N–H and O–H groups in total. The third-order valence-electron chi connectivity index (χ3n) is 4.19. The molecular formula is C15H30N2O. The lowest BCUT2D eigenvalue weighted by atomic mass is 9.82. The van der Waals surface area contributed by atoms with Gasteiger partial charge in [-0.05, 0) is 56.4 Å². The van der Waals surface area contributed by atoms with Crippen molar-refractivity contribution in [1.29, 1.82) is 0 Å². The molecule has 3 heteroatoms. The zero-order chi connectivity index (χ0) is 13.6. The summed E-state index contributed by atoms with van der Waals surface area (Å²) >= 11 is 0. The average molecular weight is 254 g/mol. The first-order valence-electron chi connectivity index (χ1n) is 7.42. The number of rotatable bonds is 6. The van der Waals surface area contributed by atoms with E-state index in [1.54, 1.807) is 0 Å². The van der Waals surface area contributed by atoms with Crippen molar-refractivity contribution in [1.82, 2.24) is 5.32 Å². The molecule has 0 aliphatic heterocycles. The van der Waals surface area contributed by atoms with Crippen LogP contribution in [0.3, 0.4) is 0 Å². The standard InChI is InChI=1S/C15H30N2O/c1-12-5-7-13(8-6-12)14(18)17-11-15(2,3)9-4-10-16/h12-13H,4-11,16H2,1-3H3,(H,17,18). The van der Waals surface area contributed by atoms with Crippen LogP contribution >= 0.6 is 0 Å². The highest BCUT2D eigenvalue weighted by molar-refractivity contribution is 5.78. The quantitative estimate of drug-likeness (QED) is 0.765. The lowest BCUT2D eigenvalue weighted by Crippen LogP contribution is -2.39. The number of hydrogen-bond donors (Lipinski definition) is 2. The number of nitrogens with one attached hydrogen (secondary N) is 1. The van der Waals surface area contributed by atoms with Gasteiger partial charge < -0.3 is 11.1 Å². The fourth-order valence-electron chi connectivity index (χ4n) is 2.66. The number of carbonyl (C=O) groups excluding carboxylic acids is 1. The molecule has 1 saturated carbocycles. The van der Waals surface area contributed by atoms with Crippen LogP contribution in [0.15, 0.2) is 0 Å². The number of amides is 1. The summed E-state index contributed by atoms with van der Waals surface area (Å²) in [5, 5.41) is 3.14. The van der Waals surface area contributed by atoms with Crippen LogP contribution in [0.25, 0.3) is 0 Å². The van der Waals surface area contributed by atoms with Crippen LogP contribution in [0, 0.1) is 17.3 Å². The van der Waals surface area contributed by atoms with Crippen LogP contribution in [0.4, 0.5) is 0 Å². The Balaban J connectivity index is 2.27. The topological polar surface area (TPSA) is 55.1 Å². The minimum Gasteiger partial charge on any atom is -0.355 e. The molecule has 0 aromatic heterocycles. The molecule has 0 unspecified atom stereocenters. The third-order valence-corrected chi connectivity index (χ3v) is 4.19. The first kappa shape index (κ1) is 15.5. The fourth-order valence-corrected chi connectivity index (χ4v) is 2.66. The maximum absolute atomic E-state index is 12.1. The van der Waals surface area contributed by atoms with Gasteiger partial charge in [-0.2, -0.15) is 0 Å². The molecule has 0 aromatic carbocycles. The highest BCUT2D eigenvalue weighted by Crippen LogP contribution is 2.28. The zero-order valence-corrected chi connectivity index (χ0v) is 12.3. The first-order valence-corrected chi connectivity index (χ1v) is 7.42. The van der Waals surface area contributed by atoms with Gasteiger partial charge in [-0.1, -0.05) is 20.8 Å². The third kappa shape index (κ3) is 5.38. The molecule has 0 saturated heterocycles. The number of carbonyl (C=O) groups is 1. The maximum Gasteiger partial charge on any atom is 0.223 e. The Morgan fingerprint density at radius 1 is 1.28 bits per heavy atom. The molecule has 3 nitrogen and oxygen atoms in total. The maximum atomic E-state index is 12.1. The van der Waals surface area contributed by atoms with Gasteiger partial charge in [0, 0.05) is 12.5 Å². The molecule has 0 atom stereocenters. The van der Waals surface area contributed by atoms with Crippen molar-refractivity contribution in [2.75, 3.05) is 13.1 Å². The van der Waals surface area contributed by atoms with Crippen molar-refractivity contribution >= 4 is 5.91 Å². The second kappa shape index (κ2) is 7.13. The SMILES string of the molecule is CC1CCC(C(=O)NCC(C)(C)CCCN)CC1.